The van der Waals surface area contributed by atoms with Crippen LogP contribution in [0.25, 0.3) is 0 Å². The van der Waals surface area contributed by atoms with Crippen LogP contribution in [0.5, 0.6) is 0 Å². The van der Waals surface area contributed by atoms with E-state index in [1.807, 2.05) is 0 Å². The second-order valence-electron chi connectivity index (χ2n) is 6.89. The fourth-order valence-corrected chi connectivity index (χ4v) is 2.41. The minimum Gasteiger partial charge on any atom is -0.321 e. The van der Waals surface area contributed by atoms with E-state index in [1.54, 1.807) is 0 Å². The van der Waals surface area contributed by atoms with Gasteiger partial charge in [-0.15, -0.1) is 0 Å². The van der Waals surface area contributed by atoms with E-state index in [-0.39, 0.29) is 10.6 Å². The molecule has 0 saturated carbocycles. The molecular weight excluding hydrogens is 609 g/mol. The van der Waals surface area contributed by atoms with Crippen molar-refractivity contribution in [2.45, 2.75) is 42.2 Å². The van der Waals surface area contributed by atoms with Gasteiger partial charge in [-0.2, -0.15) is 65.9 Å². The summed E-state index contributed by atoms with van der Waals surface area (Å²) in [6.45, 7) is 0. The molecule has 0 atom stereocenters. The third-order valence-corrected chi connectivity index (χ3v) is 4.32. The quantitative estimate of drug-likeness (QED) is 0.236. The Morgan fingerprint density at radius 2 is 0.949 bits per heavy atom. The summed E-state index contributed by atoms with van der Waals surface area (Å²) in [4.78, 5) is 32.1. The van der Waals surface area contributed by atoms with Gasteiger partial charge in [-0.05, 0) is 6.07 Å². The Bertz CT molecular complexity index is 1120. The highest BCUT2D eigenvalue weighted by atomic mass is 19.4. The number of carbonyl (C=O) groups is 2. The van der Waals surface area contributed by atoms with Gasteiger partial charge in [0.1, 0.15) is 5.69 Å². The molecule has 0 radical (unpaired) electrons. The summed E-state index contributed by atoms with van der Waals surface area (Å²) < 4.78 is 220. The molecule has 0 spiro atoms. The molecule has 2 amide bonds. The highest BCUT2D eigenvalue weighted by Gasteiger charge is 2.79. The van der Waals surface area contributed by atoms with Gasteiger partial charge in [0, 0.05) is 6.07 Å². The van der Waals surface area contributed by atoms with E-state index in [9.17, 15) is 94.3 Å². The van der Waals surface area contributed by atoms with Gasteiger partial charge in [0.25, 0.3) is 17.5 Å². The van der Waals surface area contributed by atoms with Crippen LogP contribution < -0.4 is 10.6 Å². The number of carbonyl (C=O) groups excluding carboxylic acids is 2. The van der Waals surface area contributed by atoms with Crippen molar-refractivity contribution in [1.82, 2.24) is 0 Å². The molecular formula is C15H4F17N3O4. The minimum atomic E-state index is -7.30. The lowest BCUT2D eigenvalue weighted by atomic mass is 10.0. The first-order valence-electron chi connectivity index (χ1n) is 8.61. The highest BCUT2D eigenvalue weighted by molar-refractivity contribution is 6.07. The van der Waals surface area contributed by atoms with Crippen LogP contribution in [0.2, 0.25) is 0 Å². The van der Waals surface area contributed by atoms with E-state index < -0.39 is 93.7 Å². The van der Waals surface area contributed by atoms with Gasteiger partial charge in [0.15, 0.2) is 0 Å². The van der Waals surface area contributed by atoms with Crippen LogP contribution in [0.15, 0.2) is 12.1 Å². The number of hydrogen-bond acceptors (Lipinski definition) is 4. The Balaban J connectivity index is 4.03. The molecule has 0 aliphatic carbocycles. The van der Waals surface area contributed by atoms with Crippen molar-refractivity contribution in [3.05, 3.63) is 27.8 Å². The molecule has 0 heterocycles. The fraction of sp³-hybridized carbons (Fsp3) is 0.467. The first-order valence-corrected chi connectivity index (χ1v) is 8.61. The number of nitro groups is 1. The standard InChI is InChI=1S/C15H4F17N3O4/c16-9(12(21,22)23,13(24,25)26)7(36)33-4-1-3(11(18,19)20)2-5(35(38)39)6(4)34-8(37)10(17,14(27,28)29)15(30,31)32/h1-2H,(H,33,36)(H,34,37). The van der Waals surface area contributed by atoms with Crippen LogP contribution in [0, 0.1) is 10.1 Å². The predicted molar refractivity (Wildman–Crippen MR) is 87.3 cm³/mol. The molecule has 7 nitrogen and oxygen atoms in total. The van der Waals surface area contributed by atoms with Gasteiger partial charge in [-0.25, -0.2) is 8.78 Å². The maximum absolute atomic E-state index is 13.9. The van der Waals surface area contributed by atoms with Crippen molar-refractivity contribution >= 4 is 28.9 Å². The molecule has 0 aliphatic heterocycles. The molecule has 0 saturated heterocycles. The maximum Gasteiger partial charge on any atom is 0.441 e. The lowest BCUT2D eigenvalue weighted by Gasteiger charge is -2.30. The Morgan fingerprint density at radius 3 is 1.23 bits per heavy atom. The summed E-state index contributed by atoms with van der Waals surface area (Å²) in [6, 6.07) is -1.79. The van der Waals surface area contributed by atoms with Crippen LogP contribution in [0.4, 0.5) is 91.7 Å². The van der Waals surface area contributed by atoms with Crippen molar-refractivity contribution < 1.29 is 89.1 Å². The molecule has 2 N–H and O–H groups in total. The van der Waals surface area contributed by atoms with Gasteiger partial charge >= 0.3 is 42.2 Å². The van der Waals surface area contributed by atoms with Crippen LogP contribution >= 0.6 is 0 Å². The molecule has 222 valence electrons. The Labute approximate surface area is 200 Å². The zero-order chi connectivity index (χ0) is 31.4. The summed E-state index contributed by atoms with van der Waals surface area (Å²) in [5, 5.41) is 11.2. The second kappa shape index (κ2) is 9.53. The van der Waals surface area contributed by atoms with Crippen LogP contribution in [0.3, 0.4) is 0 Å². The second-order valence-corrected chi connectivity index (χ2v) is 6.89. The number of amides is 2. The summed E-state index contributed by atoms with van der Waals surface area (Å²) in [5.41, 5.74) is -24.5. The van der Waals surface area contributed by atoms with Gasteiger partial charge in [0.2, 0.25) is 0 Å². The van der Waals surface area contributed by atoms with Gasteiger partial charge in [-0.1, -0.05) is 0 Å². The van der Waals surface area contributed by atoms with E-state index in [0.717, 1.165) is 0 Å². The number of rotatable bonds is 5. The molecule has 1 aromatic carbocycles. The predicted octanol–water partition coefficient (Wildman–Crippen LogP) is 6.16. The molecule has 0 unspecified atom stereocenters. The molecule has 0 aliphatic rings. The number of hydrogen-bond donors (Lipinski definition) is 2. The first kappa shape index (κ1) is 33.4. The van der Waals surface area contributed by atoms with E-state index in [0.29, 0.717) is 0 Å². The number of nitro benzene ring substituents is 1. The van der Waals surface area contributed by atoms with Crippen molar-refractivity contribution in [1.29, 1.82) is 0 Å². The zero-order valence-corrected chi connectivity index (χ0v) is 17.2. The normalized spacial score (nSPS) is 14.2. The smallest absolute Gasteiger partial charge is 0.321 e. The molecule has 0 bridgehead atoms. The molecule has 1 aromatic rings. The first-order chi connectivity index (χ1) is 16.9. The molecule has 1 rings (SSSR count). The zero-order valence-electron chi connectivity index (χ0n) is 17.2. The van der Waals surface area contributed by atoms with Crippen LogP contribution in [0.1, 0.15) is 5.56 Å². The number of nitrogens with one attached hydrogen (secondary N) is 2. The minimum absolute atomic E-state index is 0.0482. The third kappa shape index (κ3) is 5.86. The van der Waals surface area contributed by atoms with Crippen molar-refractivity contribution in [2.75, 3.05) is 10.6 Å². The van der Waals surface area contributed by atoms with Crippen LogP contribution in [-0.4, -0.2) is 52.8 Å². The van der Waals surface area contributed by atoms with Gasteiger partial charge in [-0.3, -0.25) is 19.7 Å². The van der Waals surface area contributed by atoms with Crippen molar-refractivity contribution in [3.63, 3.8) is 0 Å². The molecule has 24 heteroatoms. The SMILES string of the molecule is O=C(Nc1cc(C(F)(F)F)cc([N+](=O)[O-])c1NC(=O)C(F)(C(F)(F)F)C(F)(F)F)C(F)(C(F)(F)F)C(F)(F)F. The summed E-state index contributed by atoms with van der Waals surface area (Å²) in [7, 11) is 0. The van der Waals surface area contributed by atoms with E-state index >= 15 is 0 Å². The monoisotopic (exact) mass is 613 g/mol. The van der Waals surface area contributed by atoms with Gasteiger partial charge < -0.3 is 10.6 Å². The lowest BCUT2D eigenvalue weighted by molar-refractivity contribution is -0.384. The number of benzene rings is 1. The number of halogens is 17. The summed E-state index contributed by atoms with van der Waals surface area (Å²) >= 11 is 0. The van der Waals surface area contributed by atoms with E-state index in [2.05, 4.69) is 0 Å². The molecule has 0 fully saturated rings. The van der Waals surface area contributed by atoms with E-state index in [1.165, 1.54) is 0 Å². The van der Waals surface area contributed by atoms with Crippen molar-refractivity contribution in [3.8, 4) is 0 Å². The molecule has 39 heavy (non-hydrogen) atoms. The summed E-state index contributed by atoms with van der Waals surface area (Å²) in [5.74, 6) is -8.15. The number of anilines is 2. The Kier molecular flexibility index (Phi) is 8.16. The largest absolute Gasteiger partial charge is 0.441 e. The average molecular weight is 613 g/mol. The highest BCUT2D eigenvalue weighted by Crippen LogP contribution is 2.50. The van der Waals surface area contributed by atoms with Crippen LogP contribution in [-0.2, 0) is 15.8 Å². The fourth-order valence-electron chi connectivity index (χ4n) is 2.41. The number of nitrogens with zero attached hydrogens (tertiary/aromatic N) is 1. The lowest BCUT2D eigenvalue weighted by Crippen LogP contribution is -2.61. The van der Waals surface area contributed by atoms with Gasteiger partial charge in [0.05, 0.1) is 16.2 Å². The Hall–Kier alpha value is -3.63. The van der Waals surface area contributed by atoms with Crippen molar-refractivity contribution in [2.24, 2.45) is 0 Å². The third-order valence-electron chi connectivity index (χ3n) is 4.32. The average Bonchev–Trinajstić information content (AvgIpc) is 2.68. The summed E-state index contributed by atoms with van der Waals surface area (Å²) in [6.07, 6.45) is -35.1. The number of alkyl halides is 17. The topological polar surface area (TPSA) is 101 Å². The van der Waals surface area contributed by atoms with E-state index in [4.69, 9.17) is 0 Å². The Morgan fingerprint density at radius 1 is 0.615 bits per heavy atom. The molecule has 0 aromatic heterocycles. The maximum atomic E-state index is 13.9.